The fraction of sp³-hybridized carbons (Fsp3) is 0.143. The van der Waals surface area contributed by atoms with Gasteiger partial charge in [-0.2, -0.15) is 13.2 Å². The number of carboxylic acids is 1. The van der Waals surface area contributed by atoms with E-state index < -0.39 is 28.4 Å². The lowest BCUT2D eigenvalue weighted by molar-refractivity contribution is -0.138. The van der Waals surface area contributed by atoms with Crippen molar-refractivity contribution >= 4 is 30.0 Å². The van der Waals surface area contributed by atoms with E-state index >= 15 is 0 Å². The molecule has 0 fully saturated rings. The second-order valence-corrected chi connectivity index (χ2v) is 2.74. The van der Waals surface area contributed by atoms with Crippen LogP contribution in [0.25, 0.3) is 0 Å². The van der Waals surface area contributed by atoms with Crippen LogP contribution in [0.5, 0.6) is 0 Å². The molecule has 8 heteroatoms. The largest absolute Gasteiger partial charge is 0.478 e. The van der Waals surface area contributed by atoms with Crippen molar-refractivity contribution in [2.45, 2.75) is 6.18 Å². The maximum absolute atomic E-state index is 12.2. The van der Waals surface area contributed by atoms with Crippen molar-refractivity contribution in [1.82, 2.24) is 4.98 Å². The zero-order chi connectivity index (χ0) is 10.9. The lowest BCUT2D eigenvalue weighted by Crippen LogP contribution is -2.13. The number of carboxylic acid groups (broad SMARTS) is 1. The summed E-state index contributed by atoms with van der Waals surface area (Å²) in [6.07, 6.45) is -4.17. The Labute approximate surface area is 93.3 Å². The molecule has 3 nitrogen and oxygen atoms in total. The quantitative estimate of drug-likeness (QED) is 0.791. The van der Waals surface area contributed by atoms with Crippen molar-refractivity contribution in [3.05, 3.63) is 28.5 Å². The molecule has 0 saturated carbocycles. The Bertz CT molecular complexity index is 381. The molecule has 15 heavy (non-hydrogen) atoms. The number of aromatic carboxylic acids is 1. The summed E-state index contributed by atoms with van der Waals surface area (Å²) in [5.41, 5.74) is -2.22. The summed E-state index contributed by atoms with van der Waals surface area (Å²) in [7, 11) is 0. The highest BCUT2D eigenvalue weighted by molar-refractivity contribution is 6.29. The molecule has 1 aromatic rings. The van der Waals surface area contributed by atoms with Gasteiger partial charge in [0.05, 0.1) is 11.1 Å². The molecule has 0 radical (unpaired) electrons. The molecule has 0 aliphatic heterocycles. The van der Waals surface area contributed by atoms with Crippen LogP contribution in [0.3, 0.4) is 0 Å². The van der Waals surface area contributed by atoms with Gasteiger partial charge in [-0.1, -0.05) is 11.6 Å². The van der Waals surface area contributed by atoms with Crippen LogP contribution in [-0.4, -0.2) is 16.1 Å². The molecule has 1 heterocycles. The minimum atomic E-state index is -4.75. The number of pyridine rings is 1. The fourth-order valence-corrected chi connectivity index (χ4v) is 0.993. The highest BCUT2D eigenvalue weighted by atomic mass is 35.5. The first-order chi connectivity index (χ1) is 6.32. The summed E-state index contributed by atoms with van der Waals surface area (Å²) in [5.74, 6) is -1.69. The van der Waals surface area contributed by atoms with Crippen LogP contribution >= 0.6 is 24.0 Å². The monoisotopic (exact) mass is 261 g/mol. The Balaban J connectivity index is 0.00000196. The molecule has 0 unspecified atom stereocenters. The first-order valence-electron chi connectivity index (χ1n) is 3.28. The Kier molecular flexibility index (Phi) is 4.36. The molecule has 1 N–H and O–H groups in total. The maximum Gasteiger partial charge on any atom is 0.417 e. The molecule has 1 rings (SSSR count). The van der Waals surface area contributed by atoms with Gasteiger partial charge in [0, 0.05) is 6.20 Å². The Hall–Kier alpha value is -1.01. The summed E-state index contributed by atoms with van der Waals surface area (Å²) in [6, 6.07) is 0.477. The van der Waals surface area contributed by atoms with E-state index in [2.05, 4.69) is 4.98 Å². The zero-order valence-electron chi connectivity index (χ0n) is 6.88. The van der Waals surface area contributed by atoms with Crippen molar-refractivity contribution in [2.75, 3.05) is 0 Å². The van der Waals surface area contributed by atoms with Gasteiger partial charge >= 0.3 is 12.1 Å². The van der Waals surface area contributed by atoms with Gasteiger partial charge in [-0.05, 0) is 6.07 Å². The van der Waals surface area contributed by atoms with E-state index in [1.54, 1.807) is 0 Å². The highest BCUT2D eigenvalue weighted by Gasteiger charge is 2.35. The van der Waals surface area contributed by atoms with Gasteiger partial charge < -0.3 is 5.11 Å². The smallest absolute Gasteiger partial charge is 0.417 e. The van der Waals surface area contributed by atoms with E-state index in [4.69, 9.17) is 16.7 Å². The molecule has 1 aromatic heterocycles. The normalized spacial score (nSPS) is 10.7. The minimum absolute atomic E-state index is 0. The number of hydrogen-bond acceptors (Lipinski definition) is 2. The molecule has 0 spiro atoms. The fourth-order valence-electron chi connectivity index (χ4n) is 0.835. The molecule has 0 amide bonds. The topological polar surface area (TPSA) is 50.2 Å². The molecule has 0 bridgehead atoms. The summed E-state index contributed by atoms with van der Waals surface area (Å²) in [4.78, 5) is 13.7. The van der Waals surface area contributed by atoms with E-state index in [1.165, 1.54) is 0 Å². The van der Waals surface area contributed by atoms with Crippen molar-refractivity contribution < 1.29 is 23.1 Å². The second-order valence-electron chi connectivity index (χ2n) is 2.36. The van der Waals surface area contributed by atoms with Crippen LogP contribution in [0.4, 0.5) is 13.2 Å². The van der Waals surface area contributed by atoms with Gasteiger partial charge in [0.25, 0.3) is 0 Å². The molecular formula is C7H4Cl2F3NO2. The predicted molar refractivity (Wildman–Crippen MR) is 48.5 cm³/mol. The first-order valence-corrected chi connectivity index (χ1v) is 3.66. The summed E-state index contributed by atoms with van der Waals surface area (Å²) in [5, 5.41) is 8.04. The number of nitrogens with zero attached hydrogens (tertiary/aromatic N) is 1. The molecule has 84 valence electrons. The van der Waals surface area contributed by atoms with E-state index in [0.29, 0.717) is 12.3 Å². The Morgan fingerprint density at radius 3 is 2.40 bits per heavy atom. The minimum Gasteiger partial charge on any atom is -0.478 e. The highest BCUT2D eigenvalue weighted by Crippen LogP contribution is 2.32. The Morgan fingerprint density at radius 1 is 1.47 bits per heavy atom. The number of carbonyl (C=O) groups is 1. The van der Waals surface area contributed by atoms with E-state index in [0.717, 1.165) is 0 Å². The third kappa shape index (κ3) is 3.24. The molecule has 0 atom stereocenters. The van der Waals surface area contributed by atoms with Crippen molar-refractivity contribution in [3.63, 3.8) is 0 Å². The van der Waals surface area contributed by atoms with Crippen molar-refractivity contribution in [3.8, 4) is 0 Å². The van der Waals surface area contributed by atoms with Crippen molar-refractivity contribution in [1.29, 1.82) is 0 Å². The average molecular weight is 262 g/mol. The first kappa shape index (κ1) is 14.0. The number of aromatic nitrogens is 1. The number of hydrogen-bond donors (Lipinski definition) is 1. The van der Waals surface area contributed by atoms with Gasteiger partial charge in [0.2, 0.25) is 0 Å². The third-order valence-electron chi connectivity index (χ3n) is 1.41. The molecule has 0 aliphatic rings. The standard InChI is InChI=1S/C7H3ClF3NO2.ClH/c8-5-1-4(7(9,10)11)3(2-12-5)6(13)14;/h1-2H,(H,13,14);1H. The van der Waals surface area contributed by atoms with E-state index in [9.17, 15) is 18.0 Å². The molecule has 0 saturated heterocycles. The van der Waals surface area contributed by atoms with E-state index in [-0.39, 0.29) is 12.4 Å². The SMILES string of the molecule is Cl.O=C(O)c1cnc(Cl)cc1C(F)(F)F. The van der Waals surface area contributed by atoms with E-state index in [1.807, 2.05) is 0 Å². The van der Waals surface area contributed by atoms with Crippen molar-refractivity contribution in [2.24, 2.45) is 0 Å². The molecule has 0 aromatic carbocycles. The van der Waals surface area contributed by atoms with Gasteiger partial charge in [-0.25, -0.2) is 9.78 Å². The lowest BCUT2D eigenvalue weighted by atomic mass is 10.1. The summed E-state index contributed by atoms with van der Waals surface area (Å²) < 4.78 is 36.7. The van der Waals surface area contributed by atoms with Crippen LogP contribution in [0.1, 0.15) is 15.9 Å². The van der Waals surface area contributed by atoms with Gasteiger partial charge in [0.1, 0.15) is 5.15 Å². The second kappa shape index (κ2) is 4.67. The third-order valence-corrected chi connectivity index (χ3v) is 1.61. The van der Waals surface area contributed by atoms with Gasteiger partial charge in [0.15, 0.2) is 0 Å². The van der Waals surface area contributed by atoms with Gasteiger partial charge in [-0.15, -0.1) is 12.4 Å². The number of halogens is 5. The van der Waals surface area contributed by atoms with Crippen LogP contribution in [0.2, 0.25) is 5.15 Å². The number of rotatable bonds is 1. The Morgan fingerprint density at radius 2 is 2.00 bits per heavy atom. The van der Waals surface area contributed by atoms with Crippen LogP contribution in [0.15, 0.2) is 12.3 Å². The molecule has 0 aliphatic carbocycles. The predicted octanol–water partition coefficient (Wildman–Crippen LogP) is 2.87. The van der Waals surface area contributed by atoms with Crippen LogP contribution in [0, 0.1) is 0 Å². The average Bonchev–Trinajstić information content (AvgIpc) is 2.01. The van der Waals surface area contributed by atoms with Crippen LogP contribution < -0.4 is 0 Å². The summed E-state index contributed by atoms with van der Waals surface area (Å²) >= 11 is 5.22. The zero-order valence-corrected chi connectivity index (χ0v) is 8.45. The van der Waals surface area contributed by atoms with Crippen LogP contribution in [-0.2, 0) is 6.18 Å². The number of alkyl halides is 3. The summed E-state index contributed by atoms with van der Waals surface area (Å²) in [6.45, 7) is 0. The van der Waals surface area contributed by atoms with Gasteiger partial charge in [-0.3, -0.25) is 0 Å². The molecular weight excluding hydrogens is 258 g/mol. The maximum atomic E-state index is 12.2. The lowest BCUT2D eigenvalue weighted by Gasteiger charge is -2.09.